The molecule has 0 saturated carbocycles. The molecule has 1 aliphatic heterocycles. The first-order valence-electron chi connectivity index (χ1n) is 9.94. The highest BCUT2D eigenvalue weighted by Crippen LogP contribution is 2.26. The molecule has 30 heavy (non-hydrogen) atoms. The van der Waals surface area contributed by atoms with Gasteiger partial charge in [-0.05, 0) is 23.8 Å². The molecule has 0 bridgehead atoms. The Morgan fingerprint density at radius 1 is 0.900 bits per heavy atom. The zero-order chi connectivity index (χ0) is 20.8. The van der Waals surface area contributed by atoms with E-state index in [-0.39, 0.29) is 5.91 Å². The lowest BCUT2D eigenvalue weighted by Gasteiger charge is -2.35. The number of hydrogen-bond donors (Lipinski definition) is 0. The fourth-order valence-corrected chi connectivity index (χ4v) is 4.53. The van der Waals surface area contributed by atoms with E-state index in [2.05, 4.69) is 27.2 Å². The summed E-state index contributed by atoms with van der Waals surface area (Å²) in [5.74, 6) is 2.41. The number of hydrogen-bond acceptors (Lipinski definition) is 5. The van der Waals surface area contributed by atoms with Crippen LogP contribution in [0.5, 0.6) is 0 Å². The van der Waals surface area contributed by atoms with E-state index in [1.807, 2.05) is 59.5 Å². The van der Waals surface area contributed by atoms with Crippen LogP contribution in [0.15, 0.2) is 66.7 Å². The number of piperazine rings is 1. The fourth-order valence-electron chi connectivity index (χ4n) is 3.41. The molecule has 7 heteroatoms. The molecule has 0 N–H and O–H groups in total. The molecule has 1 fully saturated rings. The highest BCUT2D eigenvalue weighted by atomic mass is 35.5. The topological polar surface area (TPSA) is 49.3 Å². The van der Waals surface area contributed by atoms with Gasteiger partial charge in [0, 0.05) is 37.5 Å². The number of carbonyl (C=O) groups excluding carboxylic acids is 1. The van der Waals surface area contributed by atoms with Crippen LogP contribution < -0.4 is 4.90 Å². The number of thioether (sulfide) groups is 1. The second kappa shape index (κ2) is 9.96. The smallest absolute Gasteiger partial charge is 0.232 e. The van der Waals surface area contributed by atoms with Crippen molar-refractivity contribution >= 4 is 35.1 Å². The zero-order valence-electron chi connectivity index (χ0n) is 16.6. The maximum absolute atomic E-state index is 12.5. The molecule has 2 heterocycles. The van der Waals surface area contributed by atoms with Gasteiger partial charge in [-0.25, -0.2) is 0 Å². The molecule has 1 aliphatic rings. The highest BCUT2D eigenvalue weighted by Gasteiger charge is 2.22. The third-order valence-electron chi connectivity index (χ3n) is 5.09. The van der Waals surface area contributed by atoms with E-state index >= 15 is 0 Å². The molecular formula is C23H23ClN4OS. The Morgan fingerprint density at radius 3 is 2.33 bits per heavy atom. The predicted octanol–water partition coefficient (Wildman–Crippen LogP) is 4.38. The van der Waals surface area contributed by atoms with Gasteiger partial charge in [0.2, 0.25) is 5.91 Å². The van der Waals surface area contributed by atoms with Crippen molar-refractivity contribution in [1.29, 1.82) is 0 Å². The molecule has 0 aliphatic carbocycles. The predicted molar refractivity (Wildman–Crippen MR) is 124 cm³/mol. The van der Waals surface area contributed by atoms with Gasteiger partial charge < -0.3 is 9.80 Å². The van der Waals surface area contributed by atoms with Crippen LogP contribution >= 0.6 is 23.4 Å². The van der Waals surface area contributed by atoms with Crippen molar-refractivity contribution in [1.82, 2.24) is 15.1 Å². The number of anilines is 1. The van der Waals surface area contributed by atoms with E-state index in [1.54, 1.807) is 11.8 Å². The minimum absolute atomic E-state index is 0.204. The number of amides is 1. The van der Waals surface area contributed by atoms with E-state index in [9.17, 15) is 4.79 Å². The van der Waals surface area contributed by atoms with Crippen LogP contribution in [-0.4, -0.2) is 52.9 Å². The Morgan fingerprint density at radius 2 is 1.63 bits per heavy atom. The third kappa shape index (κ3) is 5.12. The molecule has 5 nitrogen and oxygen atoms in total. The standard InChI is InChI=1S/C23H23ClN4OS/c24-20-9-5-4-8-19(20)21-10-11-22(26-25-21)27-12-14-28(15-13-27)23(29)17-30-16-18-6-2-1-3-7-18/h1-11H,12-17H2. The van der Waals surface area contributed by atoms with Crippen molar-refractivity contribution < 1.29 is 4.79 Å². The van der Waals surface area contributed by atoms with Crippen LogP contribution in [0.2, 0.25) is 5.02 Å². The van der Waals surface area contributed by atoms with Crippen LogP contribution in [-0.2, 0) is 10.5 Å². The molecule has 154 valence electrons. The first kappa shape index (κ1) is 20.7. The molecule has 1 aromatic heterocycles. The molecule has 1 saturated heterocycles. The fraction of sp³-hybridized carbons (Fsp3) is 0.261. The summed E-state index contributed by atoms with van der Waals surface area (Å²) in [5, 5.41) is 9.39. The average Bonchev–Trinajstić information content (AvgIpc) is 2.80. The van der Waals surface area contributed by atoms with Gasteiger partial charge in [0.1, 0.15) is 0 Å². The minimum Gasteiger partial charge on any atom is -0.352 e. The third-order valence-corrected chi connectivity index (χ3v) is 6.41. The van der Waals surface area contributed by atoms with Crippen LogP contribution in [0.3, 0.4) is 0 Å². The summed E-state index contributed by atoms with van der Waals surface area (Å²) < 4.78 is 0. The first-order valence-corrected chi connectivity index (χ1v) is 11.5. The van der Waals surface area contributed by atoms with E-state index in [0.717, 1.165) is 35.9 Å². The molecular weight excluding hydrogens is 416 g/mol. The van der Waals surface area contributed by atoms with E-state index in [1.165, 1.54) is 5.56 Å². The summed E-state index contributed by atoms with van der Waals surface area (Å²) in [7, 11) is 0. The van der Waals surface area contributed by atoms with Crippen molar-refractivity contribution in [3.63, 3.8) is 0 Å². The van der Waals surface area contributed by atoms with Gasteiger partial charge in [-0.2, -0.15) is 0 Å². The second-order valence-electron chi connectivity index (χ2n) is 7.10. The minimum atomic E-state index is 0.204. The maximum atomic E-state index is 12.5. The van der Waals surface area contributed by atoms with Crippen molar-refractivity contribution in [3.8, 4) is 11.3 Å². The van der Waals surface area contributed by atoms with Crippen LogP contribution in [0.4, 0.5) is 5.82 Å². The lowest BCUT2D eigenvalue weighted by Crippen LogP contribution is -2.49. The van der Waals surface area contributed by atoms with E-state index in [0.29, 0.717) is 23.9 Å². The van der Waals surface area contributed by atoms with Crippen molar-refractivity contribution in [2.45, 2.75) is 5.75 Å². The van der Waals surface area contributed by atoms with Gasteiger partial charge in [-0.3, -0.25) is 4.79 Å². The lowest BCUT2D eigenvalue weighted by molar-refractivity contribution is -0.128. The Balaban J connectivity index is 1.27. The van der Waals surface area contributed by atoms with Gasteiger partial charge >= 0.3 is 0 Å². The van der Waals surface area contributed by atoms with Crippen LogP contribution in [0.25, 0.3) is 11.3 Å². The molecule has 0 radical (unpaired) electrons. The first-order chi connectivity index (χ1) is 14.7. The number of halogens is 1. The molecule has 1 amide bonds. The lowest BCUT2D eigenvalue weighted by atomic mass is 10.1. The summed E-state index contributed by atoms with van der Waals surface area (Å²) in [5.41, 5.74) is 2.88. The quantitative estimate of drug-likeness (QED) is 0.571. The number of aromatic nitrogens is 2. The molecule has 2 aromatic carbocycles. The number of benzene rings is 2. The van der Waals surface area contributed by atoms with Crippen molar-refractivity contribution in [2.75, 3.05) is 36.8 Å². The van der Waals surface area contributed by atoms with E-state index < -0.39 is 0 Å². The van der Waals surface area contributed by atoms with Crippen molar-refractivity contribution in [2.24, 2.45) is 0 Å². The second-order valence-corrected chi connectivity index (χ2v) is 8.50. The van der Waals surface area contributed by atoms with E-state index in [4.69, 9.17) is 11.6 Å². The van der Waals surface area contributed by atoms with Gasteiger partial charge in [-0.15, -0.1) is 22.0 Å². The Labute approximate surface area is 186 Å². The number of carbonyl (C=O) groups is 1. The Hall–Kier alpha value is -2.57. The highest BCUT2D eigenvalue weighted by molar-refractivity contribution is 7.99. The maximum Gasteiger partial charge on any atom is 0.232 e. The SMILES string of the molecule is O=C(CSCc1ccccc1)N1CCN(c2ccc(-c3ccccc3Cl)nn2)CC1. The summed E-state index contributed by atoms with van der Waals surface area (Å²) >= 11 is 7.91. The van der Waals surface area contributed by atoms with Gasteiger partial charge in [0.05, 0.1) is 16.5 Å². The van der Waals surface area contributed by atoms with Crippen LogP contribution in [0.1, 0.15) is 5.56 Å². The number of nitrogens with zero attached hydrogens (tertiary/aromatic N) is 4. The normalized spacial score (nSPS) is 14.0. The number of rotatable bonds is 6. The largest absolute Gasteiger partial charge is 0.352 e. The zero-order valence-corrected chi connectivity index (χ0v) is 18.1. The summed E-state index contributed by atoms with van der Waals surface area (Å²) in [6.45, 7) is 2.93. The van der Waals surface area contributed by atoms with Gasteiger partial charge in [0.15, 0.2) is 5.82 Å². The van der Waals surface area contributed by atoms with Gasteiger partial charge in [-0.1, -0.05) is 60.1 Å². The molecule has 0 spiro atoms. The molecule has 3 aromatic rings. The Bertz CT molecular complexity index is 976. The van der Waals surface area contributed by atoms with Gasteiger partial charge in [0.25, 0.3) is 0 Å². The summed E-state index contributed by atoms with van der Waals surface area (Å²) in [4.78, 5) is 16.6. The molecule has 0 unspecified atom stereocenters. The molecule has 0 atom stereocenters. The van der Waals surface area contributed by atoms with Crippen LogP contribution in [0, 0.1) is 0 Å². The molecule has 4 rings (SSSR count). The summed E-state index contributed by atoms with van der Waals surface area (Å²) in [6.07, 6.45) is 0. The average molecular weight is 439 g/mol. The summed E-state index contributed by atoms with van der Waals surface area (Å²) in [6, 6.07) is 21.8. The Kier molecular flexibility index (Phi) is 6.87. The monoisotopic (exact) mass is 438 g/mol. The van der Waals surface area contributed by atoms with Crippen molar-refractivity contribution in [3.05, 3.63) is 77.3 Å².